The van der Waals surface area contributed by atoms with Crippen LogP contribution in [0, 0.1) is 0 Å². The first-order valence-electron chi connectivity index (χ1n) is 5.14. The molecule has 0 saturated heterocycles. The minimum Gasteiger partial charge on any atom is -0.504 e. The average molecular weight is 217 g/mol. The third kappa shape index (κ3) is 1.01. The van der Waals surface area contributed by atoms with Crippen LogP contribution in [0.15, 0.2) is 16.7 Å². The van der Waals surface area contributed by atoms with Gasteiger partial charge < -0.3 is 14.4 Å². The maximum atomic E-state index is 10.9. The Bertz CT molecular complexity index is 585. The maximum Gasteiger partial charge on any atom is 0.176 e. The molecule has 0 radical (unpaired) electrons. The molecule has 0 unspecified atom stereocenters. The summed E-state index contributed by atoms with van der Waals surface area (Å²) >= 11 is 0. The topological polar surface area (TPSA) is 53.7 Å². The molecule has 2 aromatic rings. The van der Waals surface area contributed by atoms with Gasteiger partial charge in [-0.3, -0.25) is 4.79 Å². The van der Waals surface area contributed by atoms with Gasteiger partial charge in [0.2, 0.25) is 0 Å². The van der Waals surface area contributed by atoms with E-state index in [1.165, 1.54) is 6.26 Å². The number of aromatic hydroxyl groups is 1. The van der Waals surface area contributed by atoms with Gasteiger partial charge >= 0.3 is 0 Å². The number of carbonyl (C=O) groups is 1. The molecule has 3 rings (SSSR count). The predicted molar refractivity (Wildman–Crippen MR) is 60.2 cm³/mol. The Morgan fingerprint density at radius 1 is 1.56 bits per heavy atom. The average Bonchev–Trinajstić information content (AvgIpc) is 2.84. The summed E-state index contributed by atoms with van der Waals surface area (Å²) in [6.45, 7) is 0.900. The summed E-state index contributed by atoms with van der Waals surface area (Å²) in [5.41, 5.74) is 2.99. The zero-order valence-corrected chi connectivity index (χ0v) is 8.86. The quantitative estimate of drug-likeness (QED) is 0.742. The number of hydrogen-bond donors (Lipinski definition) is 1. The molecule has 16 heavy (non-hydrogen) atoms. The Balaban J connectivity index is 2.45. The van der Waals surface area contributed by atoms with Crippen LogP contribution in [0.4, 0.5) is 5.69 Å². The summed E-state index contributed by atoms with van der Waals surface area (Å²) in [6.07, 6.45) is 3.04. The normalized spacial score (nSPS) is 14.4. The second kappa shape index (κ2) is 3.01. The SMILES string of the molecule is CN1CCc2c1cc(O)c1occ(C=O)c21. The highest BCUT2D eigenvalue weighted by Crippen LogP contribution is 2.40. The molecule has 1 aliphatic rings. The number of benzene rings is 1. The minimum absolute atomic E-state index is 0.0931. The van der Waals surface area contributed by atoms with E-state index in [-0.39, 0.29) is 5.75 Å². The molecular formula is C12H11NO3. The third-order valence-corrected chi connectivity index (χ3v) is 3.17. The molecular weight excluding hydrogens is 206 g/mol. The van der Waals surface area contributed by atoms with Crippen LogP contribution in [-0.4, -0.2) is 25.0 Å². The van der Waals surface area contributed by atoms with E-state index in [1.807, 2.05) is 7.05 Å². The van der Waals surface area contributed by atoms with E-state index in [0.29, 0.717) is 11.1 Å². The molecule has 4 heteroatoms. The number of rotatable bonds is 1. The van der Waals surface area contributed by atoms with E-state index in [0.717, 1.165) is 35.9 Å². The number of anilines is 1. The van der Waals surface area contributed by atoms with Crippen molar-refractivity contribution < 1.29 is 14.3 Å². The molecule has 1 N–H and O–H groups in total. The predicted octanol–water partition coefficient (Wildman–Crippen LogP) is 1.94. The lowest BCUT2D eigenvalue weighted by Gasteiger charge is -2.12. The van der Waals surface area contributed by atoms with E-state index in [9.17, 15) is 9.90 Å². The molecule has 0 atom stereocenters. The first-order chi connectivity index (χ1) is 7.72. The number of fused-ring (bicyclic) bond motifs is 3. The van der Waals surface area contributed by atoms with E-state index < -0.39 is 0 Å². The smallest absolute Gasteiger partial charge is 0.176 e. The standard InChI is InChI=1S/C12H11NO3/c1-13-3-2-8-9(13)4-10(15)12-11(8)7(5-14)6-16-12/h4-6,15H,2-3H2,1H3. The lowest BCUT2D eigenvalue weighted by molar-refractivity contribution is 0.112. The van der Waals surface area contributed by atoms with Crippen LogP contribution in [0.25, 0.3) is 11.0 Å². The van der Waals surface area contributed by atoms with Crippen molar-refractivity contribution in [1.29, 1.82) is 0 Å². The van der Waals surface area contributed by atoms with Crippen molar-refractivity contribution >= 4 is 22.9 Å². The first kappa shape index (κ1) is 9.27. The maximum absolute atomic E-state index is 10.9. The van der Waals surface area contributed by atoms with E-state index in [2.05, 4.69) is 4.90 Å². The lowest BCUT2D eigenvalue weighted by Crippen LogP contribution is -2.12. The van der Waals surface area contributed by atoms with Crippen LogP contribution in [0.3, 0.4) is 0 Å². The molecule has 4 nitrogen and oxygen atoms in total. The minimum atomic E-state index is 0.0931. The van der Waals surface area contributed by atoms with Crippen molar-refractivity contribution in [2.75, 3.05) is 18.5 Å². The number of nitrogens with zero attached hydrogens (tertiary/aromatic N) is 1. The first-order valence-corrected chi connectivity index (χ1v) is 5.14. The lowest BCUT2D eigenvalue weighted by atomic mass is 10.0. The fourth-order valence-corrected chi connectivity index (χ4v) is 2.36. The second-order valence-electron chi connectivity index (χ2n) is 4.08. The number of phenolic OH excluding ortho intramolecular Hbond substituents is 1. The number of aldehydes is 1. The third-order valence-electron chi connectivity index (χ3n) is 3.17. The van der Waals surface area contributed by atoms with Gasteiger partial charge in [0.1, 0.15) is 6.26 Å². The summed E-state index contributed by atoms with van der Waals surface area (Å²) in [5.74, 6) is 0.0931. The van der Waals surface area contributed by atoms with Crippen LogP contribution in [0.5, 0.6) is 5.75 Å². The molecule has 0 spiro atoms. The van der Waals surface area contributed by atoms with Crippen LogP contribution >= 0.6 is 0 Å². The number of phenols is 1. The second-order valence-corrected chi connectivity index (χ2v) is 4.08. The number of hydrogen-bond acceptors (Lipinski definition) is 4. The fourth-order valence-electron chi connectivity index (χ4n) is 2.36. The van der Waals surface area contributed by atoms with Crippen LogP contribution in [-0.2, 0) is 6.42 Å². The monoisotopic (exact) mass is 217 g/mol. The summed E-state index contributed by atoms with van der Waals surface area (Å²) in [7, 11) is 1.97. The van der Waals surface area contributed by atoms with Crippen molar-refractivity contribution in [1.82, 2.24) is 0 Å². The molecule has 0 amide bonds. The Morgan fingerprint density at radius 2 is 2.38 bits per heavy atom. The summed E-state index contributed by atoms with van der Waals surface area (Å²) in [6, 6.07) is 1.70. The van der Waals surface area contributed by atoms with Gasteiger partial charge in [-0.15, -0.1) is 0 Å². The van der Waals surface area contributed by atoms with Crippen molar-refractivity contribution in [3.63, 3.8) is 0 Å². The van der Waals surface area contributed by atoms with Gasteiger partial charge in [-0.1, -0.05) is 0 Å². The zero-order chi connectivity index (χ0) is 11.3. The van der Waals surface area contributed by atoms with Crippen LogP contribution in [0.2, 0.25) is 0 Å². The van der Waals surface area contributed by atoms with Gasteiger partial charge in [-0.05, 0) is 12.0 Å². The van der Waals surface area contributed by atoms with Gasteiger partial charge in [0.15, 0.2) is 17.6 Å². The van der Waals surface area contributed by atoms with E-state index in [4.69, 9.17) is 4.42 Å². The molecule has 1 aliphatic heterocycles. The molecule has 1 aromatic carbocycles. The highest BCUT2D eigenvalue weighted by molar-refractivity contribution is 6.03. The Morgan fingerprint density at radius 3 is 3.12 bits per heavy atom. The van der Waals surface area contributed by atoms with Gasteiger partial charge in [-0.2, -0.15) is 0 Å². The van der Waals surface area contributed by atoms with Crippen molar-refractivity contribution in [2.45, 2.75) is 6.42 Å². The van der Waals surface area contributed by atoms with Crippen molar-refractivity contribution in [2.24, 2.45) is 0 Å². The Hall–Kier alpha value is -1.97. The highest BCUT2D eigenvalue weighted by Gasteiger charge is 2.24. The van der Waals surface area contributed by atoms with Gasteiger partial charge in [-0.25, -0.2) is 0 Å². The largest absolute Gasteiger partial charge is 0.504 e. The van der Waals surface area contributed by atoms with E-state index >= 15 is 0 Å². The molecule has 1 aromatic heterocycles. The Kier molecular flexibility index (Phi) is 1.74. The number of likely N-dealkylation sites (N-methyl/N-ethyl adjacent to an activating group) is 1. The highest BCUT2D eigenvalue weighted by atomic mass is 16.3. The molecule has 0 aliphatic carbocycles. The summed E-state index contributed by atoms with van der Waals surface area (Å²) in [5, 5.41) is 10.6. The molecule has 0 bridgehead atoms. The summed E-state index contributed by atoms with van der Waals surface area (Å²) in [4.78, 5) is 13.0. The van der Waals surface area contributed by atoms with Crippen LogP contribution < -0.4 is 4.90 Å². The molecule has 82 valence electrons. The van der Waals surface area contributed by atoms with Gasteiger partial charge in [0.25, 0.3) is 0 Å². The molecule has 2 heterocycles. The molecule has 0 saturated carbocycles. The van der Waals surface area contributed by atoms with Crippen molar-refractivity contribution in [3.8, 4) is 5.75 Å². The fraction of sp³-hybridized carbons (Fsp3) is 0.250. The number of carbonyl (C=O) groups excluding carboxylic acids is 1. The Labute approximate surface area is 92.1 Å². The van der Waals surface area contributed by atoms with Crippen LogP contribution in [0.1, 0.15) is 15.9 Å². The van der Waals surface area contributed by atoms with E-state index in [1.54, 1.807) is 6.07 Å². The number of furan rings is 1. The molecule has 0 fully saturated rings. The zero-order valence-electron chi connectivity index (χ0n) is 8.86. The van der Waals surface area contributed by atoms with Gasteiger partial charge in [0, 0.05) is 30.7 Å². The van der Waals surface area contributed by atoms with Gasteiger partial charge in [0.05, 0.1) is 5.56 Å². The van der Waals surface area contributed by atoms with Crippen molar-refractivity contribution in [3.05, 3.63) is 23.5 Å². The summed E-state index contributed by atoms with van der Waals surface area (Å²) < 4.78 is 5.23.